The number of para-hydroxylation sites is 1. The van der Waals surface area contributed by atoms with Crippen molar-refractivity contribution < 1.29 is 22.7 Å². The van der Waals surface area contributed by atoms with Crippen molar-refractivity contribution in [1.29, 1.82) is 0 Å². The molecule has 0 bridgehead atoms. The minimum Gasteiger partial charge on any atom is -0.452 e. The average molecular weight is 499 g/mol. The van der Waals surface area contributed by atoms with Gasteiger partial charge in [-0.3, -0.25) is 9.10 Å². The van der Waals surface area contributed by atoms with Gasteiger partial charge in [-0.15, -0.1) is 0 Å². The molecule has 1 amide bonds. The highest BCUT2D eigenvalue weighted by Gasteiger charge is 2.30. The lowest BCUT2D eigenvalue weighted by atomic mass is 10.0. The standard InChI is InChI=1S/C25H23ClN2O5S/c1-17-6-4-9-19(14-17)27-24(29)16-33-25(30)21-15-20(11-12-22(21)26)34(31,32)28-13-5-8-18-7-2-3-10-23(18)28/h2-4,6-7,9-12,14-15H,5,8,13,16H2,1H3,(H,27,29). The van der Waals surface area contributed by atoms with Gasteiger partial charge in [0, 0.05) is 12.2 Å². The van der Waals surface area contributed by atoms with E-state index < -0.39 is 28.5 Å². The molecule has 34 heavy (non-hydrogen) atoms. The zero-order valence-corrected chi connectivity index (χ0v) is 20.0. The van der Waals surface area contributed by atoms with Crippen LogP contribution in [0.3, 0.4) is 0 Å². The first-order valence-corrected chi connectivity index (χ1v) is 12.5. The van der Waals surface area contributed by atoms with E-state index in [1.54, 1.807) is 30.3 Å². The summed E-state index contributed by atoms with van der Waals surface area (Å²) in [5, 5.41) is 2.67. The predicted octanol–water partition coefficient (Wildman–Crippen LogP) is 4.59. The average Bonchev–Trinajstić information content (AvgIpc) is 2.82. The SMILES string of the molecule is Cc1cccc(NC(=O)COC(=O)c2cc(S(=O)(=O)N3CCCc4ccccc43)ccc2Cl)c1. The van der Waals surface area contributed by atoms with E-state index in [0.717, 1.165) is 17.5 Å². The fourth-order valence-corrected chi connectivity index (χ4v) is 5.59. The number of carbonyl (C=O) groups excluding carboxylic acids is 2. The molecule has 0 spiro atoms. The molecule has 0 unspecified atom stereocenters. The van der Waals surface area contributed by atoms with E-state index in [2.05, 4.69) is 5.32 Å². The molecule has 1 aliphatic rings. The zero-order chi connectivity index (χ0) is 24.3. The lowest BCUT2D eigenvalue weighted by molar-refractivity contribution is -0.119. The normalized spacial score (nSPS) is 13.2. The number of fused-ring (bicyclic) bond motifs is 1. The number of esters is 1. The van der Waals surface area contributed by atoms with Crippen LogP contribution < -0.4 is 9.62 Å². The highest BCUT2D eigenvalue weighted by Crippen LogP contribution is 2.33. The topological polar surface area (TPSA) is 92.8 Å². The number of nitrogens with one attached hydrogen (secondary N) is 1. The molecular weight excluding hydrogens is 476 g/mol. The summed E-state index contributed by atoms with van der Waals surface area (Å²) in [6.07, 6.45) is 1.49. The van der Waals surface area contributed by atoms with Crippen molar-refractivity contribution in [3.63, 3.8) is 0 Å². The Morgan fingerprint density at radius 1 is 1.06 bits per heavy atom. The number of ether oxygens (including phenoxy) is 1. The molecule has 0 radical (unpaired) electrons. The van der Waals surface area contributed by atoms with Crippen LogP contribution in [0, 0.1) is 6.92 Å². The van der Waals surface area contributed by atoms with Crippen LogP contribution in [0.5, 0.6) is 0 Å². The van der Waals surface area contributed by atoms with E-state index >= 15 is 0 Å². The van der Waals surface area contributed by atoms with E-state index in [0.29, 0.717) is 24.3 Å². The summed E-state index contributed by atoms with van der Waals surface area (Å²) in [7, 11) is -3.94. The van der Waals surface area contributed by atoms with Gasteiger partial charge in [0.15, 0.2) is 6.61 Å². The van der Waals surface area contributed by atoms with E-state index in [1.165, 1.54) is 22.5 Å². The number of anilines is 2. The van der Waals surface area contributed by atoms with Crippen LogP contribution in [0.15, 0.2) is 71.6 Å². The summed E-state index contributed by atoms with van der Waals surface area (Å²) in [6.45, 7) is 1.68. The summed E-state index contributed by atoms with van der Waals surface area (Å²) < 4.78 is 33.2. The predicted molar refractivity (Wildman–Crippen MR) is 131 cm³/mol. The second-order valence-electron chi connectivity index (χ2n) is 7.94. The third-order valence-corrected chi connectivity index (χ3v) is 7.59. The van der Waals surface area contributed by atoms with Gasteiger partial charge in [-0.05, 0) is 67.3 Å². The maximum Gasteiger partial charge on any atom is 0.340 e. The van der Waals surface area contributed by atoms with Crippen LogP contribution in [0.4, 0.5) is 11.4 Å². The highest BCUT2D eigenvalue weighted by molar-refractivity contribution is 7.92. The molecule has 1 aliphatic heterocycles. The Morgan fingerprint density at radius 3 is 2.65 bits per heavy atom. The van der Waals surface area contributed by atoms with Gasteiger partial charge in [-0.2, -0.15) is 0 Å². The molecule has 0 saturated carbocycles. The van der Waals surface area contributed by atoms with Gasteiger partial charge < -0.3 is 10.1 Å². The minimum absolute atomic E-state index is 0.0297. The second-order valence-corrected chi connectivity index (χ2v) is 10.2. The van der Waals surface area contributed by atoms with Gasteiger partial charge >= 0.3 is 5.97 Å². The first kappa shape index (κ1) is 23.8. The molecular formula is C25H23ClN2O5S. The molecule has 0 fully saturated rings. The third kappa shape index (κ3) is 5.08. The van der Waals surface area contributed by atoms with Gasteiger partial charge in [-0.25, -0.2) is 13.2 Å². The van der Waals surface area contributed by atoms with Crippen molar-refractivity contribution in [2.45, 2.75) is 24.7 Å². The van der Waals surface area contributed by atoms with Crippen molar-refractivity contribution in [2.24, 2.45) is 0 Å². The number of amides is 1. The first-order chi connectivity index (χ1) is 16.3. The molecule has 9 heteroatoms. The molecule has 0 aromatic heterocycles. The quantitative estimate of drug-likeness (QED) is 0.502. The van der Waals surface area contributed by atoms with E-state index in [4.69, 9.17) is 16.3 Å². The van der Waals surface area contributed by atoms with E-state index in [9.17, 15) is 18.0 Å². The molecule has 1 N–H and O–H groups in total. The van der Waals surface area contributed by atoms with Crippen molar-refractivity contribution in [3.05, 3.63) is 88.4 Å². The zero-order valence-electron chi connectivity index (χ0n) is 18.5. The molecule has 1 heterocycles. The Balaban J connectivity index is 1.51. The molecule has 7 nitrogen and oxygen atoms in total. The Kier molecular flexibility index (Phi) is 6.90. The summed E-state index contributed by atoms with van der Waals surface area (Å²) in [5.74, 6) is -1.41. The van der Waals surface area contributed by atoms with Gasteiger partial charge in [0.2, 0.25) is 0 Å². The molecule has 0 aliphatic carbocycles. The highest BCUT2D eigenvalue weighted by atomic mass is 35.5. The summed E-state index contributed by atoms with van der Waals surface area (Å²) >= 11 is 6.16. The minimum atomic E-state index is -3.94. The maximum atomic E-state index is 13.4. The Hall–Kier alpha value is -3.36. The number of halogens is 1. The second kappa shape index (κ2) is 9.87. The molecule has 4 rings (SSSR count). The van der Waals surface area contributed by atoms with Crippen LogP contribution in [0.1, 0.15) is 27.9 Å². The van der Waals surface area contributed by atoms with Crippen LogP contribution in [-0.4, -0.2) is 33.4 Å². The third-order valence-electron chi connectivity index (χ3n) is 5.45. The van der Waals surface area contributed by atoms with Crippen LogP contribution >= 0.6 is 11.6 Å². The summed E-state index contributed by atoms with van der Waals surface area (Å²) in [4.78, 5) is 24.7. The number of hydrogen-bond acceptors (Lipinski definition) is 5. The van der Waals surface area contributed by atoms with Crippen molar-refractivity contribution >= 4 is 44.9 Å². The number of rotatable bonds is 6. The smallest absolute Gasteiger partial charge is 0.340 e. The molecule has 176 valence electrons. The van der Waals surface area contributed by atoms with Crippen molar-refractivity contribution in [2.75, 3.05) is 22.8 Å². The van der Waals surface area contributed by atoms with Gasteiger partial charge in [0.25, 0.3) is 15.9 Å². The Morgan fingerprint density at radius 2 is 1.85 bits per heavy atom. The monoisotopic (exact) mass is 498 g/mol. The van der Waals surface area contributed by atoms with Crippen molar-refractivity contribution in [3.8, 4) is 0 Å². The molecule has 3 aromatic rings. The van der Waals surface area contributed by atoms with Crippen LogP contribution in [0.25, 0.3) is 0 Å². The van der Waals surface area contributed by atoms with Gasteiger partial charge in [-0.1, -0.05) is 41.9 Å². The van der Waals surface area contributed by atoms with Gasteiger partial charge in [0.05, 0.1) is 21.2 Å². The largest absolute Gasteiger partial charge is 0.452 e. The molecule has 0 atom stereocenters. The number of aryl methyl sites for hydroxylation is 2. The lowest BCUT2D eigenvalue weighted by Gasteiger charge is -2.30. The summed E-state index contributed by atoms with van der Waals surface area (Å²) in [5.41, 5.74) is 2.99. The number of benzene rings is 3. The summed E-state index contributed by atoms with van der Waals surface area (Å²) in [6, 6.07) is 18.4. The fraction of sp³-hybridized carbons (Fsp3) is 0.200. The van der Waals surface area contributed by atoms with Crippen molar-refractivity contribution in [1.82, 2.24) is 0 Å². The molecule has 3 aromatic carbocycles. The Labute approximate surface area is 203 Å². The number of carbonyl (C=O) groups is 2. The maximum absolute atomic E-state index is 13.4. The number of nitrogens with zero attached hydrogens (tertiary/aromatic N) is 1. The van der Waals surface area contributed by atoms with Gasteiger partial charge in [0.1, 0.15) is 0 Å². The van der Waals surface area contributed by atoms with E-state index in [-0.39, 0.29) is 15.5 Å². The molecule has 0 saturated heterocycles. The number of sulfonamides is 1. The lowest BCUT2D eigenvalue weighted by Crippen LogP contribution is -2.35. The van der Waals surface area contributed by atoms with Crippen LogP contribution in [-0.2, 0) is 26.0 Å². The van der Waals surface area contributed by atoms with E-state index in [1.807, 2.05) is 25.1 Å². The Bertz CT molecular complexity index is 1360. The fourth-order valence-electron chi connectivity index (χ4n) is 3.83. The first-order valence-electron chi connectivity index (χ1n) is 10.7. The number of hydrogen-bond donors (Lipinski definition) is 1. The van der Waals surface area contributed by atoms with Crippen LogP contribution in [0.2, 0.25) is 5.02 Å².